The van der Waals surface area contributed by atoms with Gasteiger partial charge in [0.2, 0.25) is 5.91 Å². The molecule has 1 heterocycles. The molecule has 5 nitrogen and oxygen atoms in total. The fourth-order valence-corrected chi connectivity index (χ4v) is 2.30. The van der Waals surface area contributed by atoms with Crippen LogP contribution in [0.3, 0.4) is 0 Å². The molecule has 1 saturated heterocycles. The van der Waals surface area contributed by atoms with E-state index in [1.165, 1.54) is 0 Å². The van der Waals surface area contributed by atoms with Gasteiger partial charge in [-0.15, -0.1) is 0 Å². The Morgan fingerprint density at radius 2 is 1.84 bits per heavy atom. The zero-order valence-corrected chi connectivity index (χ0v) is 12.4. The van der Waals surface area contributed by atoms with Crippen molar-refractivity contribution in [1.29, 1.82) is 0 Å². The van der Waals surface area contributed by atoms with E-state index in [9.17, 15) is 4.79 Å². The maximum atomic E-state index is 11.5. The molecule has 1 rings (SSSR count). The number of nitrogens with two attached hydrogens (primary N) is 1. The summed E-state index contributed by atoms with van der Waals surface area (Å²) in [6, 6.07) is 0. The molecule has 1 aliphatic rings. The maximum Gasteiger partial charge on any atom is 0.219 e. The van der Waals surface area contributed by atoms with Crippen molar-refractivity contribution in [2.75, 3.05) is 52.9 Å². The molecule has 1 amide bonds. The highest BCUT2D eigenvalue weighted by molar-refractivity contribution is 5.75. The lowest BCUT2D eigenvalue weighted by atomic mass is 10.2. The topological polar surface area (TPSA) is 61.6 Å². The molecule has 1 fully saturated rings. The normalized spacial score (nSPS) is 17.6. The van der Waals surface area contributed by atoms with Crippen molar-refractivity contribution in [2.45, 2.75) is 32.1 Å². The van der Waals surface area contributed by atoms with E-state index in [-0.39, 0.29) is 5.91 Å². The van der Waals surface area contributed by atoms with Gasteiger partial charge in [-0.25, -0.2) is 0 Å². The van der Waals surface area contributed by atoms with Crippen molar-refractivity contribution in [3.05, 3.63) is 0 Å². The van der Waals surface area contributed by atoms with Gasteiger partial charge in [0.25, 0.3) is 0 Å². The number of rotatable bonds is 9. The molecular formula is C14H30N4O. The maximum absolute atomic E-state index is 11.5. The molecule has 0 aromatic rings. The van der Waals surface area contributed by atoms with Crippen LogP contribution >= 0.6 is 0 Å². The van der Waals surface area contributed by atoms with Crippen molar-refractivity contribution in [1.82, 2.24) is 15.1 Å². The zero-order valence-electron chi connectivity index (χ0n) is 12.4. The Morgan fingerprint density at radius 1 is 1.11 bits per heavy atom. The van der Waals surface area contributed by atoms with Crippen LogP contribution < -0.4 is 11.1 Å². The summed E-state index contributed by atoms with van der Waals surface area (Å²) in [7, 11) is 2.17. The predicted molar refractivity (Wildman–Crippen MR) is 79.1 cm³/mol. The summed E-state index contributed by atoms with van der Waals surface area (Å²) in [6.07, 6.45) is 4.75. The first-order chi connectivity index (χ1) is 9.22. The van der Waals surface area contributed by atoms with Crippen molar-refractivity contribution >= 4 is 5.91 Å². The Labute approximate surface area is 117 Å². The van der Waals surface area contributed by atoms with Crippen molar-refractivity contribution in [2.24, 2.45) is 5.73 Å². The van der Waals surface area contributed by atoms with Crippen LogP contribution in [-0.2, 0) is 4.79 Å². The van der Waals surface area contributed by atoms with Gasteiger partial charge in [-0.3, -0.25) is 4.79 Å². The Hall–Kier alpha value is -0.650. The van der Waals surface area contributed by atoms with Crippen LogP contribution in [0.4, 0.5) is 0 Å². The zero-order chi connectivity index (χ0) is 13.9. The number of likely N-dealkylation sites (N-methyl/N-ethyl adjacent to an activating group) is 1. The van der Waals surface area contributed by atoms with E-state index in [4.69, 9.17) is 5.73 Å². The second-order valence-electron chi connectivity index (χ2n) is 5.45. The highest BCUT2D eigenvalue weighted by atomic mass is 16.1. The number of nitrogens with one attached hydrogen (secondary N) is 1. The average Bonchev–Trinajstić information content (AvgIpc) is 2.42. The Morgan fingerprint density at radius 3 is 2.53 bits per heavy atom. The minimum atomic E-state index is 0.190. The lowest BCUT2D eigenvalue weighted by Gasteiger charge is -2.32. The molecule has 0 radical (unpaired) electrons. The lowest BCUT2D eigenvalue weighted by Crippen LogP contribution is -2.45. The Balaban J connectivity index is 1.91. The first kappa shape index (κ1) is 16.4. The SMILES string of the molecule is CN1CCN(CCCNC(=O)CCCCCN)CC1. The molecule has 5 heteroatoms. The number of hydrogen-bond donors (Lipinski definition) is 2. The summed E-state index contributed by atoms with van der Waals surface area (Å²) < 4.78 is 0. The Kier molecular flexibility index (Phi) is 8.79. The molecule has 0 aliphatic carbocycles. The molecule has 0 atom stereocenters. The van der Waals surface area contributed by atoms with Crippen LogP contribution in [0.2, 0.25) is 0 Å². The number of nitrogens with zero attached hydrogens (tertiary/aromatic N) is 2. The monoisotopic (exact) mass is 270 g/mol. The summed E-state index contributed by atoms with van der Waals surface area (Å²) in [6.45, 7) is 7.27. The van der Waals surface area contributed by atoms with E-state index in [1.807, 2.05) is 0 Å². The standard InChI is InChI=1S/C14H30N4O/c1-17-10-12-18(13-11-17)9-5-8-16-14(19)6-3-2-4-7-15/h2-13,15H2,1H3,(H,16,19). The van der Waals surface area contributed by atoms with Gasteiger partial charge in [-0.05, 0) is 39.4 Å². The van der Waals surface area contributed by atoms with Gasteiger partial charge in [0.1, 0.15) is 0 Å². The van der Waals surface area contributed by atoms with E-state index in [0.717, 1.165) is 71.5 Å². The molecule has 112 valence electrons. The molecule has 19 heavy (non-hydrogen) atoms. The van der Waals surface area contributed by atoms with Crippen LogP contribution in [-0.4, -0.2) is 68.6 Å². The second kappa shape index (κ2) is 10.2. The third kappa shape index (κ3) is 8.18. The predicted octanol–water partition coefficient (Wildman–Crippen LogP) is 0.259. The van der Waals surface area contributed by atoms with E-state index in [2.05, 4.69) is 22.2 Å². The average molecular weight is 270 g/mol. The molecule has 0 aromatic carbocycles. The molecule has 0 bridgehead atoms. The first-order valence-corrected chi connectivity index (χ1v) is 7.60. The van der Waals surface area contributed by atoms with Gasteiger partial charge in [0.15, 0.2) is 0 Å². The minimum absolute atomic E-state index is 0.190. The summed E-state index contributed by atoms with van der Waals surface area (Å²) in [4.78, 5) is 16.4. The van der Waals surface area contributed by atoms with Gasteiger partial charge in [-0.2, -0.15) is 0 Å². The summed E-state index contributed by atoms with van der Waals surface area (Å²) in [5.41, 5.74) is 5.41. The molecule has 0 spiro atoms. The molecular weight excluding hydrogens is 240 g/mol. The smallest absolute Gasteiger partial charge is 0.219 e. The number of unbranched alkanes of at least 4 members (excludes halogenated alkanes) is 2. The third-order valence-corrected chi connectivity index (χ3v) is 3.68. The van der Waals surface area contributed by atoms with Crippen molar-refractivity contribution in [3.63, 3.8) is 0 Å². The molecule has 3 N–H and O–H groups in total. The number of hydrogen-bond acceptors (Lipinski definition) is 4. The molecule has 0 aromatic heterocycles. The van der Waals surface area contributed by atoms with Crippen LogP contribution in [0, 0.1) is 0 Å². The number of carbonyl (C=O) groups is 1. The van der Waals surface area contributed by atoms with Gasteiger partial charge >= 0.3 is 0 Å². The van der Waals surface area contributed by atoms with Crippen LogP contribution in [0.25, 0.3) is 0 Å². The number of piperazine rings is 1. The van der Waals surface area contributed by atoms with Gasteiger partial charge in [0.05, 0.1) is 0 Å². The first-order valence-electron chi connectivity index (χ1n) is 7.60. The largest absolute Gasteiger partial charge is 0.356 e. The van der Waals surface area contributed by atoms with E-state index >= 15 is 0 Å². The highest BCUT2D eigenvalue weighted by Gasteiger charge is 2.12. The minimum Gasteiger partial charge on any atom is -0.356 e. The second-order valence-corrected chi connectivity index (χ2v) is 5.45. The lowest BCUT2D eigenvalue weighted by molar-refractivity contribution is -0.121. The third-order valence-electron chi connectivity index (χ3n) is 3.68. The highest BCUT2D eigenvalue weighted by Crippen LogP contribution is 2.00. The van der Waals surface area contributed by atoms with Crippen molar-refractivity contribution < 1.29 is 4.79 Å². The molecule has 0 saturated carbocycles. The summed E-state index contributed by atoms with van der Waals surface area (Å²) in [5.74, 6) is 0.190. The van der Waals surface area contributed by atoms with Crippen molar-refractivity contribution in [3.8, 4) is 0 Å². The number of amides is 1. The van der Waals surface area contributed by atoms with Crippen LogP contribution in [0.1, 0.15) is 32.1 Å². The van der Waals surface area contributed by atoms with E-state index in [1.54, 1.807) is 0 Å². The van der Waals surface area contributed by atoms with Gasteiger partial charge in [-0.1, -0.05) is 6.42 Å². The van der Waals surface area contributed by atoms with Crippen LogP contribution in [0.15, 0.2) is 0 Å². The van der Waals surface area contributed by atoms with Gasteiger partial charge in [0, 0.05) is 39.1 Å². The van der Waals surface area contributed by atoms with E-state index in [0.29, 0.717) is 6.42 Å². The summed E-state index contributed by atoms with van der Waals surface area (Å²) >= 11 is 0. The van der Waals surface area contributed by atoms with Gasteiger partial charge < -0.3 is 20.9 Å². The number of carbonyl (C=O) groups excluding carboxylic acids is 1. The fraction of sp³-hybridized carbons (Fsp3) is 0.929. The van der Waals surface area contributed by atoms with E-state index < -0.39 is 0 Å². The molecule has 1 aliphatic heterocycles. The fourth-order valence-electron chi connectivity index (χ4n) is 2.30. The molecule has 0 unspecified atom stereocenters. The summed E-state index contributed by atoms with van der Waals surface area (Å²) in [5, 5.41) is 3.00. The van der Waals surface area contributed by atoms with Crippen LogP contribution in [0.5, 0.6) is 0 Å². The Bertz CT molecular complexity index is 240. The quantitative estimate of drug-likeness (QED) is 0.590.